The molecule has 2 aromatic rings. The lowest BCUT2D eigenvalue weighted by Gasteiger charge is -2.14. The number of carbonyl (C=O) groups excluding carboxylic acids is 3. The number of amides is 2. The van der Waals surface area contributed by atoms with Crippen molar-refractivity contribution in [2.75, 3.05) is 6.61 Å². The molecule has 0 saturated heterocycles. The Labute approximate surface area is 152 Å². The van der Waals surface area contributed by atoms with Crippen LogP contribution in [0.1, 0.15) is 18.9 Å². The number of hydrogen-bond acceptors (Lipinski definition) is 4. The molecule has 0 spiro atoms. The van der Waals surface area contributed by atoms with Gasteiger partial charge in [-0.05, 0) is 29.7 Å². The molecule has 0 aliphatic heterocycles. The van der Waals surface area contributed by atoms with Crippen LogP contribution in [0.3, 0.4) is 0 Å². The third-order valence-electron chi connectivity index (χ3n) is 3.77. The first-order valence-corrected chi connectivity index (χ1v) is 8.39. The van der Waals surface area contributed by atoms with E-state index in [0.717, 1.165) is 16.3 Å². The Morgan fingerprint density at radius 2 is 1.88 bits per heavy atom. The van der Waals surface area contributed by atoms with Crippen LogP contribution in [0.25, 0.3) is 10.8 Å². The summed E-state index contributed by atoms with van der Waals surface area (Å²) < 4.78 is 4.75. The number of primary amides is 1. The summed E-state index contributed by atoms with van der Waals surface area (Å²) in [7, 11) is 0. The van der Waals surface area contributed by atoms with Gasteiger partial charge in [-0.3, -0.25) is 9.59 Å². The van der Waals surface area contributed by atoms with Crippen LogP contribution < -0.4 is 11.1 Å². The van der Waals surface area contributed by atoms with Crippen molar-refractivity contribution in [1.29, 1.82) is 0 Å². The van der Waals surface area contributed by atoms with Crippen LogP contribution in [0.15, 0.2) is 54.6 Å². The highest BCUT2D eigenvalue weighted by atomic mass is 16.5. The molecule has 2 amide bonds. The van der Waals surface area contributed by atoms with Gasteiger partial charge >= 0.3 is 5.97 Å². The van der Waals surface area contributed by atoms with Gasteiger partial charge in [0.1, 0.15) is 6.04 Å². The lowest BCUT2D eigenvalue weighted by molar-refractivity contribution is -0.137. The van der Waals surface area contributed by atoms with Crippen molar-refractivity contribution in [1.82, 2.24) is 5.32 Å². The molecule has 0 fully saturated rings. The minimum absolute atomic E-state index is 0.123. The third kappa shape index (κ3) is 5.73. The summed E-state index contributed by atoms with van der Waals surface area (Å²) in [6.45, 7) is 1.97. The fourth-order valence-electron chi connectivity index (χ4n) is 2.52. The number of rotatable bonds is 8. The first kappa shape index (κ1) is 19.2. The average Bonchev–Trinajstić information content (AvgIpc) is 2.61. The number of carbonyl (C=O) groups is 3. The molecule has 0 aliphatic carbocycles. The second kappa shape index (κ2) is 9.36. The Hall–Kier alpha value is -3.15. The second-order valence-corrected chi connectivity index (χ2v) is 5.77. The Morgan fingerprint density at radius 3 is 2.58 bits per heavy atom. The molecule has 0 heterocycles. The predicted octanol–water partition coefficient (Wildman–Crippen LogP) is 1.86. The van der Waals surface area contributed by atoms with Crippen molar-refractivity contribution >= 4 is 28.6 Å². The molecular weight excluding hydrogens is 332 g/mol. The average molecular weight is 354 g/mol. The van der Waals surface area contributed by atoms with Crippen molar-refractivity contribution < 1.29 is 19.1 Å². The van der Waals surface area contributed by atoms with E-state index in [9.17, 15) is 14.4 Å². The first-order chi connectivity index (χ1) is 12.5. The standard InChI is InChI=1S/C20H22N2O4/c1-2-26-19(24)9-5-8-17(20(21)25)22-18(23)13-14-10-11-15-6-3-4-7-16(15)12-14/h3-7,9-12,17H,2,8,13H2,1H3,(H2,21,25)(H,22,23)/b9-5+/t17-/m0/s1. The summed E-state index contributed by atoms with van der Waals surface area (Å²) in [5, 5.41) is 4.74. The fraction of sp³-hybridized carbons (Fsp3) is 0.250. The molecule has 136 valence electrons. The summed E-state index contributed by atoms with van der Waals surface area (Å²) in [6.07, 6.45) is 2.94. The monoisotopic (exact) mass is 354 g/mol. The van der Waals surface area contributed by atoms with E-state index < -0.39 is 17.9 Å². The Kier molecular flexibility index (Phi) is 6.91. The molecule has 2 aromatic carbocycles. The summed E-state index contributed by atoms with van der Waals surface area (Å²) in [5.74, 6) is -1.47. The normalized spacial score (nSPS) is 12.0. The molecular formula is C20H22N2O4. The van der Waals surface area contributed by atoms with Crippen LogP contribution in [0.5, 0.6) is 0 Å². The van der Waals surface area contributed by atoms with Crippen molar-refractivity contribution in [3.63, 3.8) is 0 Å². The SMILES string of the molecule is CCOC(=O)/C=C/C[C@H](NC(=O)Cc1ccc2ccccc2c1)C(N)=O. The zero-order chi connectivity index (χ0) is 18.9. The molecule has 3 N–H and O–H groups in total. The van der Waals surface area contributed by atoms with Gasteiger partial charge in [0, 0.05) is 6.08 Å². The topological polar surface area (TPSA) is 98.5 Å². The summed E-state index contributed by atoms with van der Waals surface area (Å²) >= 11 is 0. The van der Waals surface area contributed by atoms with E-state index in [0.29, 0.717) is 0 Å². The molecule has 26 heavy (non-hydrogen) atoms. The predicted molar refractivity (Wildman–Crippen MR) is 99.2 cm³/mol. The molecule has 6 nitrogen and oxygen atoms in total. The van der Waals surface area contributed by atoms with Crippen molar-refractivity contribution in [3.8, 4) is 0 Å². The van der Waals surface area contributed by atoms with Gasteiger partial charge < -0.3 is 15.8 Å². The third-order valence-corrected chi connectivity index (χ3v) is 3.77. The van der Waals surface area contributed by atoms with Crippen LogP contribution in [0, 0.1) is 0 Å². The minimum Gasteiger partial charge on any atom is -0.463 e. The quantitative estimate of drug-likeness (QED) is 0.558. The number of nitrogens with one attached hydrogen (secondary N) is 1. The van der Waals surface area contributed by atoms with E-state index in [1.807, 2.05) is 42.5 Å². The maximum Gasteiger partial charge on any atom is 0.330 e. The second-order valence-electron chi connectivity index (χ2n) is 5.77. The van der Waals surface area contributed by atoms with Gasteiger partial charge in [-0.15, -0.1) is 0 Å². The van der Waals surface area contributed by atoms with Crippen LogP contribution >= 0.6 is 0 Å². The molecule has 0 bridgehead atoms. The van der Waals surface area contributed by atoms with E-state index in [-0.39, 0.29) is 25.4 Å². The van der Waals surface area contributed by atoms with Gasteiger partial charge in [0.2, 0.25) is 11.8 Å². The van der Waals surface area contributed by atoms with E-state index >= 15 is 0 Å². The molecule has 1 atom stereocenters. The first-order valence-electron chi connectivity index (χ1n) is 8.39. The summed E-state index contributed by atoms with van der Waals surface area (Å²) in [5.41, 5.74) is 6.16. The van der Waals surface area contributed by atoms with E-state index in [1.165, 1.54) is 12.2 Å². The van der Waals surface area contributed by atoms with E-state index in [2.05, 4.69) is 5.32 Å². The molecule has 0 aromatic heterocycles. The molecule has 0 radical (unpaired) electrons. The smallest absolute Gasteiger partial charge is 0.330 e. The summed E-state index contributed by atoms with van der Waals surface area (Å²) in [6, 6.07) is 12.7. The van der Waals surface area contributed by atoms with E-state index in [4.69, 9.17) is 10.5 Å². The number of nitrogens with two attached hydrogens (primary N) is 1. The van der Waals surface area contributed by atoms with Crippen LogP contribution in [-0.4, -0.2) is 30.4 Å². The van der Waals surface area contributed by atoms with Crippen LogP contribution in [0.4, 0.5) is 0 Å². The summed E-state index contributed by atoms with van der Waals surface area (Å²) in [4.78, 5) is 35.0. The van der Waals surface area contributed by atoms with Crippen molar-refractivity contribution in [3.05, 3.63) is 60.2 Å². The van der Waals surface area contributed by atoms with Crippen LogP contribution in [0.2, 0.25) is 0 Å². The molecule has 0 saturated carbocycles. The lowest BCUT2D eigenvalue weighted by Crippen LogP contribution is -2.44. The number of hydrogen-bond donors (Lipinski definition) is 2. The van der Waals surface area contributed by atoms with Gasteiger partial charge in [-0.2, -0.15) is 0 Å². The van der Waals surface area contributed by atoms with Gasteiger partial charge in [-0.1, -0.05) is 48.5 Å². The molecule has 0 unspecified atom stereocenters. The highest BCUT2D eigenvalue weighted by Gasteiger charge is 2.17. The maximum absolute atomic E-state index is 12.2. The van der Waals surface area contributed by atoms with E-state index in [1.54, 1.807) is 6.92 Å². The highest BCUT2D eigenvalue weighted by Crippen LogP contribution is 2.16. The molecule has 2 rings (SSSR count). The van der Waals surface area contributed by atoms with Crippen molar-refractivity contribution in [2.45, 2.75) is 25.8 Å². The largest absolute Gasteiger partial charge is 0.463 e. The number of benzene rings is 2. The van der Waals surface area contributed by atoms with Crippen LogP contribution in [-0.2, 0) is 25.5 Å². The molecule has 0 aliphatic rings. The lowest BCUT2D eigenvalue weighted by atomic mass is 10.0. The van der Waals surface area contributed by atoms with Gasteiger partial charge in [0.25, 0.3) is 0 Å². The number of fused-ring (bicyclic) bond motifs is 1. The fourth-order valence-corrected chi connectivity index (χ4v) is 2.52. The molecule has 6 heteroatoms. The Bertz CT molecular complexity index is 829. The minimum atomic E-state index is -0.881. The highest BCUT2D eigenvalue weighted by molar-refractivity contribution is 5.89. The Balaban J connectivity index is 1.95. The zero-order valence-electron chi connectivity index (χ0n) is 14.6. The zero-order valence-corrected chi connectivity index (χ0v) is 14.6. The van der Waals surface area contributed by atoms with Crippen molar-refractivity contribution in [2.24, 2.45) is 5.73 Å². The number of esters is 1. The van der Waals surface area contributed by atoms with Gasteiger partial charge in [-0.25, -0.2) is 4.79 Å². The van der Waals surface area contributed by atoms with Gasteiger partial charge in [0.15, 0.2) is 0 Å². The Morgan fingerprint density at radius 1 is 1.15 bits per heavy atom. The van der Waals surface area contributed by atoms with Gasteiger partial charge in [0.05, 0.1) is 13.0 Å². The number of ether oxygens (including phenoxy) is 1. The maximum atomic E-state index is 12.2.